The van der Waals surface area contributed by atoms with Crippen LogP contribution in [0.4, 0.5) is 0 Å². The monoisotopic (exact) mass is 392 g/mol. The van der Waals surface area contributed by atoms with E-state index in [0.717, 1.165) is 45.3 Å². The molecule has 5 aromatic rings. The lowest BCUT2D eigenvalue weighted by Crippen LogP contribution is -1.93. The van der Waals surface area contributed by atoms with Crippen molar-refractivity contribution < 1.29 is 4.42 Å². The Kier molecular flexibility index (Phi) is 4.59. The molecule has 0 saturated heterocycles. The van der Waals surface area contributed by atoms with Crippen LogP contribution in [0, 0.1) is 12.8 Å². The minimum absolute atomic E-state index is 0.658. The highest BCUT2D eigenvalue weighted by molar-refractivity contribution is 6.08. The van der Waals surface area contributed by atoms with Gasteiger partial charge in [0.15, 0.2) is 0 Å². The number of hydrogen-bond acceptors (Lipinski definition) is 3. The average Bonchev–Trinajstić information content (AvgIpc) is 3.11. The number of benzene rings is 2. The van der Waals surface area contributed by atoms with E-state index in [0.29, 0.717) is 11.6 Å². The highest BCUT2D eigenvalue weighted by Crippen LogP contribution is 2.35. The first-order valence-corrected chi connectivity index (χ1v) is 10.4. The summed E-state index contributed by atoms with van der Waals surface area (Å²) in [6.07, 6.45) is 2.97. The Morgan fingerprint density at radius 3 is 2.50 bits per heavy atom. The second-order valence-corrected chi connectivity index (χ2v) is 8.31. The summed E-state index contributed by atoms with van der Waals surface area (Å²) in [4.78, 5) is 9.20. The van der Waals surface area contributed by atoms with Gasteiger partial charge >= 0.3 is 0 Å². The van der Waals surface area contributed by atoms with Gasteiger partial charge in [0.25, 0.3) is 0 Å². The summed E-state index contributed by atoms with van der Waals surface area (Å²) in [6, 6.07) is 23.4. The van der Waals surface area contributed by atoms with Gasteiger partial charge in [-0.05, 0) is 66.3 Å². The lowest BCUT2D eigenvalue weighted by atomic mass is 9.98. The van der Waals surface area contributed by atoms with Crippen molar-refractivity contribution in [1.29, 1.82) is 0 Å². The molecular formula is C27H24N2O. The van der Waals surface area contributed by atoms with Crippen LogP contribution in [-0.2, 0) is 6.42 Å². The van der Waals surface area contributed by atoms with Crippen LogP contribution < -0.4 is 0 Å². The minimum Gasteiger partial charge on any atom is -0.437 e. The predicted octanol–water partition coefficient (Wildman–Crippen LogP) is 7.22. The van der Waals surface area contributed by atoms with Crippen molar-refractivity contribution in [2.45, 2.75) is 27.2 Å². The van der Waals surface area contributed by atoms with E-state index >= 15 is 0 Å². The van der Waals surface area contributed by atoms with E-state index in [9.17, 15) is 0 Å². The summed E-state index contributed by atoms with van der Waals surface area (Å²) in [5, 5.41) is 2.11. The number of para-hydroxylation sites is 1. The molecule has 0 aliphatic heterocycles. The molecule has 0 aliphatic carbocycles. The zero-order valence-electron chi connectivity index (χ0n) is 17.5. The zero-order valence-corrected chi connectivity index (χ0v) is 17.5. The zero-order chi connectivity index (χ0) is 20.7. The van der Waals surface area contributed by atoms with Gasteiger partial charge in [-0.15, -0.1) is 0 Å². The van der Waals surface area contributed by atoms with Gasteiger partial charge in [-0.25, -0.2) is 4.98 Å². The average molecular weight is 393 g/mol. The van der Waals surface area contributed by atoms with Crippen molar-refractivity contribution in [3.05, 3.63) is 84.2 Å². The maximum Gasteiger partial charge on any atom is 0.227 e. The third-order valence-electron chi connectivity index (χ3n) is 5.47. The fraction of sp³-hybridized carbons (Fsp3) is 0.185. The number of pyridine rings is 2. The molecule has 0 saturated carbocycles. The first kappa shape index (κ1) is 18.6. The molecule has 0 spiro atoms. The van der Waals surface area contributed by atoms with Crippen LogP contribution in [0.1, 0.15) is 25.1 Å². The molecule has 2 aromatic carbocycles. The van der Waals surface area contributed by atoms with Crippen molar-refractivity contribution in [2.24, 2.45) is 5.92 Å². The Labute approximate surface area is 176 Å². The second kappa shape index (κ2) is 7.42. The van der Waals surface area contributed by atoms with Crippen LogP contribution in [0.5, 0.6) is 0 Å². The van der Waals surface area contributed by atoms with Crippen LogP contribution >= 0.6 is 0 Å². The second-order valence-electron chi connectivity index (χ2n) is 8.31. The summed E-state index contributed by atoms with van der Waals surface area (Å²) in [5.41, 5.74) is 8.07. The maximum atomic E-state index is 6.17. The van der Waals surface area contributed by atoms with Gasteiger partial charge in [-0.3, -0.25) is 4.98 Å². The Balaban J connectivity index is 1.58. The van der Waals surface area contributed by atoms with Crippen LogP contribution in [0.2, 0.25) is 0 Å². The lowest BCUT2D eigenvalue weighted by molar-refractivity contribution is 0.647. The van der Waals surface area contributed by atoms with E-state index < -0.39 is 0 Å². The van der Waals surface area contributed by atoms with Crippen LogP contribution in [0.15, 0.2) is 77.3 Å². The molecule has 3 nitrogen and oxygen atoms in total. The van der Waals surface area contributed by atoms with Gasteiger partial charge in [0.2, 0.25) is 5.71 Å². The third kappa shape index (κ3) is 3.37. The number of nitrogens with zero attached hydrogens (tertiary/aromatic N) is 2. The van der Waals surface area contributed by atoms with E-state index in [1.165, 1.54) is 11.1 Å². The molecule has 0 atom stereocenters. The molecule has 0 unspecified atom stereocenters. The van der Waals surface area contributed by atoms with Gasteiger partial charge in [-0.2, -0.15) is 0 Å². The molecule has 148 valence electrons. The van der Waals surface area contributed by atoms with Crippen molar-refractivity contribution >= 4 is 22.1 Å². The fourth-order valence-corrected chi connectivity index (χ4v) is 4.04. The quantitative estimate of drug-likeness (QED) is 0.324. The Morgan fingerprint density at radius 2 is 1.70 bits per heavy atom. The van der Waals surface area contributed by atoms with Crippen LogP contribution in [0.3, 0.4) is 0 Å². The maximum absolute atomic E-state index is 6.17. The standard InChI is InChI=1S/C27H24N2O/c1-17(2)15-19-8-10-20(11-9-19)21-13-14-28-25(16-21)24-6-4-5-22-23-12-7-18(3)29-27(23)30-26(22)24/h4-14,16-17H,15H2,1-3H3. The number of aromatic nitrogens is 2. The van der Waals surface area contributed by atoms with Gasteiger partial charge < -0.3 is 4.42 Å². The molecule has 30 heavy (non-hydrogen) atoms. The Hall–Kier alpha value is -3.46. The number of fused-ring (bicyclic) bond motifs is 3. The molecule has 0 bridgehead atoms. The normalized spacial score (nSPS) is 11.6. The first-order valence-electron chi connectivity index (χ1n) is 10.4. The van der Waals surface area contributed by atoms with E-state index in [1.807, 2.05) is 19.2 Å². The Morgan fingerprint density at radius 1 is 0.867 bits per heavy atom. The van der Waals surface area contributed by atoms with Crippen molar-refractivity contribution in [2.75, 3.05) is 0 Å². The fourth-order valence-electron chi connectivity index (χ4n) is 4.04. The third-order valence-corrected chi connectivity index (χ3v) is 5.47. The molecule has 0 radical (unpaired) electrons. The number of hydrogen-bond donors (Lipinski definition) is 0. The topological polar surface area (TPSA) is 38.9 Å². The van der Waals surface area contributed by atoms with E-state index in [4.69, 9.17) is 4.42 Å². The van der Waals surface area contributed by atoms with E-state index in [1.54, 1.807) is 0 Å². The molecule has 0 amide bonds. The molecule has 3 aromatic heterocycles. The largest absolute Gasteiger partial charge is 0.437 e. The van der Waals surface area contributed by atoms with Gasteiger partial charge in [0.1, 0.15) is 5.58 Å². The van der Waals surface area contributed by atoms with Crippen LogP contribution in [0.25, 0.3) is 44.5 Å². The molecule has 3 heteroatoms. The van der Waals surface area contributed by atoms with Gasteiger partial charge in [-0.1, -0.05) is 50.2 Å². The lowest BCUT2D eigenvalue weighted by Gasteiger charge is -2.08. The van der Waals surface area contributed by atoms with Crippen molar-refractivity contribution in [1.82, 2.24) is 9.97 Å². The minimum atomic E-state index is 0.658. The molecule has 0 aliphatic rings. The van der Waals surface area contributed by atoms with E-state index in [-0.39, 0.29) is 0 Å². The number of furan rings is 1. The highest BCUT2D eigenvalue weighted by Gasteiger charge is 2.14. The van der Waals surface area contributed by atoms with Crippen molar-refractivity contribution in [3.63, 3.8) is 0 Å². The number of aryl methyl sites for hydroxylation is 1. The summed E-state index contributed by atoms with van der Waals surface area (Å²) < 4.78 is 6.17. The van der Waals surface area contributed by atoms with Crippen molar-refractivity contribution in [3.8, 4) is 22.4 Å². The Bertz CT molecular complexity index is 1350. The summed E-state index contributed by atoms with van der Waals surface area (Å²) in [6.45, 7) is 6.47. The first-order chi connectivity index (χ1) is 14.6. The summed E-state index contributed by atoms with van der Waals surface area (Å²) >= 11 is 0. The molecular weight excluding hydrogens is 368 g/mol. The van der Waals surface area contributed by atoms with Gasteiger partial charge in [0, 0.05) is 28.2 Å². The predicted molar refractivity (Wildman–Crippen MR) is 123 cm³/mol. The molecule has 0 fully saturated rings. The molecule has 5 rings (SSSR count). The summed E-state index contributed by atoms with van der Waals surface area (Å²) in [7, 11) is 0. The highest BCUT2D eigenvalue weighted by atomic mass is 16.3. The smallest absolute Gasteiger partial charge is 0.227 e. The SMILES string of the molecule is Cc1ccc2c(n1)oc1c(-c3cc(-c4ccc(CC(C)C)cc4)ccn3)cccc12. The number of rotatable bonds is 4. The van der Waals surface area contributed by atoms with Crippen LogP contribution in [-0.4, -0.2) is 9.97 Å². The van der Waals surface area contributed by atoms with E-state index in [2.05, 4.69) is 84.5 Å². The summed E-state index contributed by atoms with van der Waals surface area (Å²) in [5.74, 6) is 0.658. The molecule has 3 heterocycles. The van der Waals surface area contributed by atoms with Gasteiger partial charge in [0.05, 0.1) is 5.69 Å². The molecule has 0 N–H and O–H groups in total.